The number of urea groups is 1. The minimum atomic E-state index is -0.275. The van der Waals surface area contributed by atoms with Crippen molar-refractivity contribution in [1.29, 1.82) is 0 Å². The number of rotatable bonds is 5. The minimum Gasteiger partial charge on any atom is -0.338 e. The molecule has 2 unspecified atom stereocenters. The second-order valence-corrected chi connectivity index (χ2v) is 8.53. The van der Waals surface area contributed by atoms with E-state index in [0.29, 0.717) is 25.0 Å². The Kier molecular flexibility index (Phi) is 6.57. The van der Waals surface area contributed by atoms with E-state index < -0.39 is 0 Å². The number of halogens is 1. The lowest BCUT2D eigenvalue weighted by molar-refractivity contribution is 0.179. The number of likely N-dealkylation sites (tertiary alicyclic amines) is 1. The van der Waals surface area contributed by atoms with Crippen LogP contribution in [0.1, 0.15) is 50.3 Å². The van der Waals surface area contributed by atoms with E-state index in [1.54, 1.807) is 18.3 Å². The zero-order valence-electron chi connectivity index (χ0n) is 17.3. The fourth-order valence-electron chi connectivity index (χ4n) is 4.59. The second-order valence-electron chi connectivity index (χ2n) is 8.53. The van der Waals surface area contributed by atoms with Crippen LogP contribution in [-0.4, -0.2) is 46.6 Å². The first-order chi connectivity index (χ1) is 14.6. The van der Waals surface area contributed by atoms with Crippen molar-refractivity contribution in [3.63, 3.8) is 0 Å². The highest BCUT2D eigenvalue weighted by Crippen LogP contribution is 2.28. The molecule has 2 atom stereocenters. The molecule has 2 fully saturated rings. The highest BCUT2D eigenvalue weighted by atomic mass is 19.1. The van der Waals surface area contributed by atoms with Gasteiger partial charge in [-0.05, 0) is 62.6 Å². The van der Waals surface area contributed by atoms with Crippen LogP contribution in [0.15, 0.2) is 36.5 Å². The number of carbonyl (C=O) groups is 1. The van der Waals surface area contributed by atoms with Gasteiger partial charge in [-0.3, -0.25) is 0 Å². The molecule has 1 saturated carbocycles. The lowest BCUT2D eigenvalue weighted by Crippen LogP contribution is -2.44. The SMILES string of the molecule is NC1CCC(CCNC(=O)N2CCC(c3nccc(-c4cccc(F)c4)n3)CC2)C1. The lowest BCUT2D eigenvalue weighted by Gasteiger charge is -2.31. The summed E-state index contributed by atoms with van der Waals surface area (Å²) in [5, 5.41) is 3.06. The van der Waals surface area contributed by atoms with Gasteiger partial charge in [-0.25, -0.2) is 19.2 Å². The van der Waals surface area contributed by atoms with Crippen molar-refractivity contribution in [3.8, 4) is 11.3 Å². The Labute approximate surface area is 177 Å². The predicted molar refractivity (Wildman–Crippen MR) is 114 cm³/mol. The van der Waals surface area contributed by atoms with Crippen molar-refractivity contribution in [2.45, 2.75) is 50.5 Å². The molecule has 1 aromatic carbocycles. The molecule has 3 N–H and O–H groups in total. The first-order valence-corrected chi connectivity index (χ1v) is 11.0. The van der Waals surface area contributed by atoms with Gasteiger partial charge in [0, 0.05) is 43.4 Å². The van der Waals surface area contributed by atoms with E-state index in [2.05, 4.69) is 15.3 Å². The predicted octanol–water partition coefficient (Wildman–Crippen LogP) is 3.69. The molecule has 0 bridgehead atoms. The van der Waals surface area contributed by atoms with Crippen LogP contribution in [0.3, 0.4) is 0 Å². The Hall–Kier alpha value is -2.54. The quantitative estimate of drug-likeness (QED) is 0.786. The fraction of sp³-hybridized carbons (Fsp3) is 0.522. The average molecular weight is 412 g/mol. The zero-order chi connectivity index (χ0) is 20.9. The molecule has 6 nitrogen and oxygen atoms in total. The van der Waals surface area contributed by atoms with Crippen LogP contribution in [0, 0.1) is 11.7 Å². The summed E-state index contributed by atoms with van der Waals surface area (Å²) in [7, 11) is 0. The Bertz CT molecular complexity index is 868. The molecule has 30 heavy (non-hydrogen) atoms. The van der Waals surface area contributed by atoms with Crippen LogP contribution in [0.5, 0.6) is 0 Å². The second kappa shape index (κ2) is 9.51. The summed E-state index contributed by atoms with van der Waals surface area (Å²) in [5.41, 5.74) is 7.44. The average Bonchev–Trinajstić information content (AvgIpc) is 3.19. The van der Waals surface area contributed by atoms with Crippen LogP contribution >= 0.6 is 0 Å². The van der Waals surface area contributed by atoms with Crippen molar-refractivity contribution in [3.05, 3.63) is 48.2 Å². The number of carbonyl (C=O) groups excluding carboxylic acids is 1. The monoisotopic (exact) mass is 411 g/mol. The number of nitrogens with zero attached hydrogens (tertiary/aromatic N) is 3. The molecular formula is C23H30FN5O. The van der Waals surface area contributed by atoms with Gasteiger partial charge < -0.3 is 16.0 Å². The fourth-order valence-corrected chi connectivity index (χ4v) is 4.59. The van der Waals surface area contributed by atoms with Crippen LogP contribution in [0.4, 0.5) is 9.18 Å². The molecule has 0 spiro atoms. The van der Waals surface area contributed by atoms with Crippen molar-refractivity contribution in [2.24, 2.45) is 11.7 Å². The van der Waals surface area contributed by atoms with Crippen molar-refractivity contribution in [1.82, 2.24) is 20.2 Å². The third-order valence-electron chi connectivity index (χ3n) is 6.35. The van der Waals surface area contributed by atoms with Gasteiger partial charge in [0.15, 0.2) is 0 Å². The van der Waals surface area contributed by atoms with E-state index in [1.807, 2.05) is 11.0 Å². The van der Waals surface area contributed by atoms with Gasteiger partial charge in [-0.1, -0.05) is 12.1 Å². The highest BCUT2D eigenvalue weighted by Gasteiger charge is 2.26. The van der Waals surface area contributed by atoms with E-state index >= 15 is 0 Å². The largest absolute Gasteiger partial charge is 0.338 e. The first kappa shape index (κ1) is 20.7. The topological polar surface area (TPSA) is 84.1 Å². The number of aromatic nitrogens is 2. The molecule has 7 heteroatoms. The van der Waals surface area contributed by atoms with E-state index in [4.69, 9.17) is 5.73 Å². The number of hydrogen-bond donors (Lipinski definition) is 2. The van der Waals surface area contributed by atoms with Gasteiger partial charge >= 0.3 is 6.03 Å². The molecular weight excluding hydrogens is 381 g/mol. The van der Waals surface area contributed by atoms with Gasteiger partial charge in [-0.15, -0.1) is 0 Å². The summed E-state index contributed by atoms with van der Waals surface area (Å²) < 4.78 is 13.5. The van der Waals surface area contributed by atoms with E-state index in [9.17, 15) is 9.18 Å². The van der Waals surface area contributed by atoms with E-state index in [0.717, 1.165) is 55.7 Å². The van der Waals surface area contributed by atoms with Crippen LogP contribution in [0.2, 0.25) is 0 Å². The molecule has 0 radical (unpaired) electrons. The van der Waals surface area contributed by atoms with Crippen LogP contribution in [0.25, 0.3) is 11.3 Å². The highest BCUT2D eigenvalue weighted by molar-refractivity contribution is 5.74. The third kappa shape index (κ3) is 5.14. The summed E-state index contributed by atoms with van der Waals surface area (Å²) in [4.78, 5) is 23.5. The van der Waals surface area contributed by atoms with Gasteiger partial charge in [-0.2, -0.15) is 0 Å². The Morgan fingerprint density at radius 3 is 2.77 bits per heavy atom. The van der Waals surface area contributed by atoms with Crippen molar-refractivity contribution >= 4 is 6.03 Å². The molecule has 1 aliphatic carbocycles. The normalized spacial score (nSPS) is 22.3. The summed E-state index contributed by atoms with van der Waals surface area (Å²) >= 11 is 0. The summed E-state index contributed by atoms with van der Waals surface area (Å²) in [5.74, 6) is 1.35. The Balaban J connectivity index is 1.27. The molecule has 2 aliphatic rings. The number of nitrogens with one attached hydrogen (secondary N) is 1. The van der Waals surface area contributed by atoms with Gasteiger partial charge in [0.2, 0.25) is 0 Å². The van der Waals surface area contributed by atoms with E-state index in [-0.39, 0.29) is 17.8 Å². The maximum Gasteiger partial charge on any atom is 0.317 e. The first-order valence-electron chi connectivity index (χ1n) is 11.0. The van der Waals surface area contributed by atoms with Gasteiger partial charge in [0.05, 0.1) is 5.69 Å². The minimum absolute atomic E-state index is 0.0187. The summed E-state index contributed by atoms with van der Waals surface area (Å²) in [6.07, 6.45) is 7.77. The maximum absolute atomic E-state index is 13.5. The van der Waals surface area contributed by atoms with Crippen LogP contribution < -0.4 is 11.1 Å². The summed E-state index contributed by atoms with van der Waals surface area (Å²) in [6.45, 7) is 2.10. The number of nitrogens with two attached hydrogens (primary N) is 1. The number of hydrogen-bond acceptors (Lipinski definition) is 4. The van der Waals surface area contributed by atoms with Crippen molar-refractivity contribution < 1.29 is 9.18 Å². The maximum atomic E-state index is 13.5. The Morgan fingerprint density at radius 2 is 2.03 bits per heavy atom. The molecule has 1 aromatic heterocycles. The zero-order valence-corrected chi connectivity index (χ0v) is 17.3. The van der Waals surface area contributed by atoms with Gasteiger partial charge in [0.1, 0.15) is 11.6 Å². The van der Waals surface area contributed by atoms with E-state index in [1.165, 1.54) is 18.6 Å². The van der Waals surface area contributed by atoms with Crippen molar-refractivity contribution in [2.75, 3.05) is 19.6 Å². The smallest absolute Gasteiger partial charge is 0.317 e. The molecule has 2 amide bonds. The number of amides is 2. The number of piperidine rings is 1. The third-order valence-corrected chi connectivity index (χ3v) is 6.35. The Morgan fingerprint density at radius 1 is 1.20 bits per heavy atom. The summed E-state index contributed by atoms with van der Waals surface area (Å²) in [6, 6.07) is 8.61. The van der Waals surface area contributed by atoms with Crippen LogP contribution in [-0.2, 0) is 0 Å². The lowest BCUT2D eigenvalue weighted by atomic mass is 9.96. The molecule has 1 aliphatic heterocycles. The molecule has 4 rings (SSSR count). The molecule has 2 heterocycles. The number of benzene rings is 1. The molecule has 2 aromatic rings. The molecule has 160 valence electrons. The molecule has 1 saturated heterocycles. The standard InChI is InChI=1S/C23H30FN5O/c24-19-3-1-2-18(15-19)21-7-11-26-22(28-21)17-8-12-29(13-9-17)23(30)27-10-6-16-4-5-20(25)14-16/h1-3,7,11,15-17,20H,4-6,8-10,12-14,25H2,(H,27,30). The van der Waals surface area contributed by atoms with Gasteiger partial charge in [0.25, 0.3) is 0 Å².